The third-order valence-electron chi connectivity index (χ3n) is 2.67. The molecule has 1 rings (SSSR count). The van der Waals surface area contributed by atoms with Crippen molar-refractivity contribution in [2.75, 3.05) is 7.11 Å². The molecule has 0 aliphatic carbocycles. The van der Waals surface area contributed by atoms with Gasteiger partial charge < -0.3 is 10.5 Å². The number of ether oxygens (including phenoxy) is 1. The van der Waals surface area contributed by atoms with Crippen LogP contribution in [-0.2, 0) is 9.53 Å². The lowest BCUT2D eigenvalue weighted by molar-refractivity contribution is -0.141. The topological polar surface area (TPSA) is 65.2 Å². The van der Waals surface area contributed by atoms with Crippen LogP contribution in [-0.4, -0.2) is 24.1 Å². The fraction of sp³-hybridized carbons (Fsp3) is 0.500. The van der Waals surface area contributed by atoms with Crippen LogP contribution in [0, 0.1) is 0 Å². The summed E-state index contributed by atoms with van der Waals surface area (Å²) in [6.07, 6.45) is 2.79. The van der Waals surface area contributed by atoms with Crippen molar-refractivity contribution in [2.24, 2.45) is 5.73 Å². The molecule has 2 atom stereocenters. The molecule has 16 heavy (non-hydrogen) atoms. The van der Waals surface area contributed by atoms with E-state index < -0.39 is 0 Å². The maximum atomic E-state index is 11.3. The SMILES string of the molecule is CCC(N)C(CC(=O)OC)c1ccccn1. The summed E-state index contributed by atoms with van der Waals surface area (Å²) in [5.74, 6) is -0.321. The van der Waals surface area contributed by atoms with Crippen LogP contribution in [0.1, 0.15) is 31.4 Å². The molecule has 0 radical (unpaired) electrons. The zero-order valence-electron chi connectivity index (χ0n) is 9.72. The van der Waals surface area contributed by atoms with Crippen molar-refractivity contribution < 1.29 is 9.53 Å². The number of hydrogen-bond acceptors (Lipinski definition) is 4. The number of carbonyl (C=O) groups excluding carboxylic acids is 1. The zero-order chi connectivity index (χ0) is 12.0. The number of esters is 1. The highest BCUT2D eigenvalue weighted by atomic mass is 16.5. The van der Waals surface area contributed by atoms with Crippen LogP contribution in [0.5, 0.6) is 0 Å². The summed E-state index contributed by atoms with van der Waals surface area (Å²) in [7, 11) is 1.38. The van der Waals surface area contributed by atoms with E-state index >= 15 is 0 Å². The smallest absolute Gasteiger partial charge is 0.306 e. The van der Waals surface area contributed by atoms with E-state index in [9.17, 15) is 4.79 Å². The average Bonchev–Trinajstić information content (AvgIpc) is 2.35. The molecule has 1 heterocycles. The van der Waals surface area contributed by atoms with E-state index in [1.165, 1.54) is 7.11 Å². The molecule has 0 aliphatic rings. The first-order valence-electron chi connectivity index (χ1n) is 5.42. The molecule has 0 saturated carbocycles. The van der Waals surface area contributed by atoms with Gasteiger partial charge in [0, 0.05) is 23.9 Å². The van der Waals surface area contributed by atoms with Gasteiger partial charge in [0.25, 0.3) is 0 Å². The van der Waals surface area contributed by atoms with Gasteiger partial charge >= 0.3 is 5.97 Å². The molecule has 1 aromatic heterocycles. The van der Waals surface area contributed by atoms with E-state index in [0.717, 1.165) is 12.1 Å². The molecule has 0 amide bonds. The van der Waals surface area contributed by atoms with E-state index in [1.807, 2.05) is 25.1 Å². The van der Waals surface area contributed by atoms with Gasteiger partial charge in [-0.05, 0) is 18.6 Å². The third-order valence-corrected chi connectivity index (χ3v) is 2.67. The fourth-order valence-corrected chi connectivity index (χ4v) is 1.62. The summed E-state index contributed by atoms with van der Waals surface area (Å²) in [4.78, 5) is 15.6. The highest BCUT2D eigenvalue weighted by Crippen LogP contribution is 2.22. The minimum Gasteiger partial charge on any atom is -0.469 e. The third kappa shape index (κ3) is 3.31. The second kappa shape index (κ2) is 6.23. The van der Waals surface area contributed by atoms with Gasteiger partial charge in [-0.1, -0.05) is 13.0 Å². The second-order valence-electron chi connectivity index (χ2n) is 3.71. The highest BCUT2D eigenvalue weighted by molar-refractivity contribution is 5.70. The van der Waals surface area contributed by atoms with Crippen molar-refractivity contribution in [1.82, 2.24) is 4.98 Å². The number of carbonyl (C=O) groups is 1. The van der Waals surface area contributed by atoms with E-state index in [0.29, 0.717) is 0 Å². The van der Waals surface area contributed by atoms with Crippen LogP contribution >= 0.6 is 0 Å². The van der Waals surface area contributed by atoms with Gasteiger partial charge in [-0.15, -0.1) is 0 Å². The van der Waals surface area contributed by atoms with Crippen molar-refractivity contribution in [1.29, 1.82) is 0 Å². The van der Waals surface area contributed by atoms with Crippen LogP contribution in [0.4, 0.5) is 0 Å². The Kier molecular flexibility index (Phi) is 4.92. The summed E-state index contributed by atoms with van der Waals surface area (Å²) in [6.45, 7) is 2.00. The molecule has 0 spiro atoms. The Hall–Kier alpha value is -1.42. The Morgan fingerprint density at radius 1 is 1.56 bits per heavy atom. The number of aromatic nitrogens is 1. The molecule has 4 nitrogen and oxygen atoms in total. The van der Waals surface area contributed by atoms with Crippen molar-refractivity contribution in [3.8, 4) is 0 Å². The maximum absolute atomic E-state index is 11.3. The Morgan fingerprint density at radius 3 is 2.81 bits per heavy atom. The number of nitrogens with zero attached hydrogens (tertiary/aromatic N) is 1. The maximum Gasteiger partial charge on any atom is 0.306 e. The van der Waals surface area contributed by atoms with Gasteiger partial charge in [-0.2, -0.15) is 0 Å². The second-order valence-corrected chi connectivity index (χ2v) is 3.71. The van der Waals surface area contributed by atoms with Crippen molar-refractivity contribution in [2.45, 2.75) is 31.7 Å². The molecular weight excluding hydrogens is 204 g/mol. The van der Waals surface area contributed by atoms with Crippen LogP contribution in [0.15, 0.2) is 24.4 Å². The number of pyridine rings is 1. The first-order valence-corrected chi connectivity index (χ1v) is 5.42. The number of rotatable bonds is 5. The molecule has 0 fully saturated rings. The molecule has 2 unspecified atom stereocenters. The molecule has 0 aliphatic heterocycles. The Morgan fingerprint density at radius 2 is 2.31 bits per heavy atom. The summed E-state index contributed by atoms with van der Waals surface area (Å²) in [5.41, 5.74) is 6.85. The van der Waals surface area contributed by atoms with Crippen molar-refractivity contribution in [3.63, 3.8) is 0 Å². The Labute approximate surface area is 95.8 Å². The van der Waals surface area contributed by atoms with Crippen molar-refractivity contribution in [3.05, 3.63) is 30.1 Å². The van der Waals surface area contributed by atoms with Crippen molar-refractivity contribution >= 4 is 5.97 Å². The summed E-state index contributed by atoms with van der Waals surface area (Å²) < 4.78 is 4.67. The minimum atomic E-state index is -0.250. The molecule has 1 aromatic rings. The van der Waals surface area contributed by atoms with E-state index in [-0.39, 0.29) is 24.3 Å². The van der Waals surface area contributed by atoms with Crippen LogP contribution in [0.3, 0.4) is 0 Å². The first-order chi connectivity index (χ1) is 7.69. The lowest BCUT2D eigenvalue weighted by atomic mass is 9.91. The average molecular weight is 222 g/mol. The van der Waals surface area contributed by atoms with Gasteiger partial charge in [0.05, 0.1) is 13.5 Å². The number of hydrogen-bond donors (Lipinski definition) is 1. The lowest BCUT2D eigenvalue weighted by Crippen LogP contribution is -2.30. The van der Waals surface area contributed by atoms with Gasteiger partial charge in [0.1, 0.15) is 0 Å². The Bertz CT molecular complexity index is 327. The van der Waals surface area contributed by atoms with E-state index in [2.05, 4.69) is 9.72 Å². The molecule has 2 N–H and O–H groups in total. The molecule has 0 bridgehead atoms. The lowest BCUT2D eigenvalue weighted by Gasteiger charge is -2.21. The van der Waals surface area contributed by atoms with Gasteiger partial charge in [-0.3, -0.25) is 9.78 Å². The quantitative estimate of drug-likeness (QED) is 0.766. The standard InChI is InChI=1S/C12H18N2O2/c1-3-10(13)9(8-12(15)16-2)11-6-4-5-7-14-11/h4-7,9-10H,3,8,13H2,1-2H3. The highest BCUT2D eigenvalue weighted by Gasteiger charge is 2.23. The number of nitrogens with two attached hydrogens (primary N) is 1. The summed E-state index contributed by atoms with van der Waals surface area (Å²) in [6, 6.07) is 5.56. The predicted molar refractivity (Wildman–Crippen MR) is 61.9 cm³/mol. The summed E-state index contributed by atoms with van der Waals surface area (Å²) in [5, 5.41) is 0. The molecule has 4 heteroatoms. The largest absolute Gasteiger partial charge is 0.469 e. The first kappa shape index (κ1) is 12.6. The van der Waals surface area contributed by atoms with Gasteiger partial charge in [0.2, 0.25) is 0 Å². The monoisotopic (exact) mass is 222 g/mol. The molecule has 88 valence electrons. The predicted octanol–water partition coefficient (Wildman–Crippen LogP) is 1.47. The molecular formula is C12H18N2O2. The van der Waals surface area contributed by atoms with Gasteiger partial charge in [-0.25, -0.2) is 0 Å². The molecule has 0 saturated heterocycles. The van der Waals surface area contributed by atoms with E-state index in [4.69, 9.17) is 5.73 Å². The minimum absolute atomic E-state index is 0.0707. The zero-order valence-corrected chi connectivity index (χ0v) is 9.72. The van der Waals surface area contributed by atoms with Crippen LogP contribution < -0.4 is 5.73 Å². The Balaban J connectivity index is 2.83. The molecule has 0 aromatic carbocycles. The number of methoxy groups -OCH3 is 1. The normalized spacial score (nSPS) is 14.2. The van der Waals surface area contributed by atoms with Gasteiger partial charge in [0.15, 0.2) is 0 Å². The van der Waals surface area contributed by atoms with E-state index in [1.54, 1.807) is 6.20 Å². The fourth-order valence-electron chi connectivity index (χ4n) is 1.62. The summed E-state index contributed by atoms with van der Waals surface area (Å²) >= 11 is 0. The van der Waals surface area contributed by atoms with Crippen LogP contribution in [0.2, 0.25) is 0 Å². The van der Waals surface area contributed by atoms with Crippen LogP contribution in [0.25, 0.3) is 0 Å².